The molecule has 0 unspecified atom stereocenters. The first-order valence-electron chi connectivity index (χ1n) is 6.38. The van der Waals surface area contributed by atoms with E-state index in [-0.39, 0.29) is 0 Å². The van der Waals surface area contributed by atoms with Gasteiger partial charge in [-0.05, 0) is 24.2 Å². The Kier molecular flexibility index (Phi) is 4.77. The van der Waals surface area contributed by atoms with E-state index in [1.165, 1.54) is 6.04 Å². The molecule has 1 aromatic carbocycles. The zero-order valence-electron chi connectivity index (χ0n) is 11.5. The largest absolute Gasteiger partial charge is 0.361 e. The number of rotatable bonds is 5. The van der Waals surface area contributed by atoms with Gasteiger partial charge in [0.25, 0.3) is 0 Å². The number of hydrogen-bond donors (Lipinski definition) is 0. The Balaban J connectivity index is 2.05. The Morgan fingerprint density at radius 1 is 1.32 bits per heavy atom. The molecule has 2 rings (SSSR count). The van der Waals surface area contributed by atoms with Crippen molar-refractivity contribution in [3.63, 3.8) is 0 Å². The summed E-state index contributed by atoms with van der Waals surface area (Å²) in [7, 11) is -1.02. The van der Waals surface area contributed by atoms with Crippen molar-refractivity contribution in [2.24, 2.45) is 0 Å². The predicted molar refractivity (Wildman–Crippen MR) is 88.8 cm³/mol. The van der Waals surface area contributed by atoms with E-state index in [0.717, 1.165) is 27.0 Å². The van der Waals surface area contributed by atoms with Gasteiger partial charge in [-0.15, -0.1) is 0 Å². The van der Waals surface area contributed by atoms with E-state index >= 15 is 0 Å². The molecule has 0 N–H and O–H groups in total. The Hall–Kier alpha value is -0.293. The van der Waals surface area contributed by atoms with Crippen molar-refractivity contribution in [3.05, 3.63) is 33.9 Å². The van der Waals surface area contributed by atoms with Crippen molar-refractivity contribution in [2.45, 2.75) is 32.4 Å². The second-order valence-corrected chi connectivity index (χ2v) is 12.9. The summed E-state index contributed by atoms with van der Waals surface area (Å²) < 4.78 is 8.88. The van der Waals surface area contributed by atoms with Crippen molar-refractivity contribution >= 4 is 46.5 Å². The van der Waals surface area contributed by atoms with Crippen LogP contribution in [0.4, 0.5) is 0 Å². The van der Waals surface area contributed by atoms with Gasteiger partial charge in [0, 0.05) is 30.7 Å². The summed E-state index contributed by atoms with van der Waals surface area (Å²) in [5, 5.41) is 1.83. The molecule has 0 aliphatic heterocycles. The average Bonchev–Trinajstić information content (AvgIpc) is 2.60. The highest BCUT2D eigenvalue weighted by molar-refractivity contribution is 9.10. The fraction of sp³-hybridized carbons (Fsp3) is 0.429. The third-order valence-electron chi connectivity index (χ3n) is 3.02. The van der Waals surface area contributed by atoms with E-state index in [1.54, 1.807) is 0 Å². The van der Waals surface area contributed by atoms with Gasteiger partial charge in [-0.3, -0.25) is 0 Å². The van der Waals surface area contributed by atoms with Crippen LogP contribution in [0, 0.1) is 0 Å². The number of hydrogen-bond acceptors (Lipinski definition) is 1. The van der Waals surface area contributed by atoms with Crippen LogP contribution in [0.15, 0.2) is 28.9 Å². The van der Waals surface area contributed by atoms with Crippen LogP contribution in [-0.2, 0) is 11.5 Å². The molecule has 0 radical (unpaired) electrons. The Bertz CT molecular complexity index is 577. The summed E-state index contributed by atoms with van der Waals surface area (Å²) in [5.41, 5.74) is 1.11. The lowest BCUT2D eigenvalue weighted by Crippen LogP contribution is -2.21. The zero-order chi connectivity index (χ0) is 14.0. The van der Waals surface area contributed by atoms with Gasteiger partial charge in [-0.25, -0.2) is 0 Å². The van der Waals surface area contributed by atoms with Crippen LogP contribution >= 0.6 is 27.5 Å². The third-order valence-corrected chi connectivity index (χ3v) is 5.52. The van der Waals surface area contributed by atoms with E-state index in [4.69, 9.17) is 16.3 Å². The molecule has 0 saturated heterocycles. The molecule has 2 nitrogen and oxygen atoms in total. The van der Waals surface area contributed by atoms with Crippen LogP contribution in [0.2, 0.25) is 30.7 Å². The number of halogens is 2. The van der Waals surface area contributed by atoms with Crippen molar-refractivity contribution in [1.29, 1.82) is 0 Å². The minimum absolute atomic E-state index is 0.565. The molecule has 0 amide bonds. The van der Waals surface area contributed by atoms with Crippen LogP contribution in [0.5, 0.6) is 0 Å². The topological polar surface area (TPSA) is 14.2 Å². The van der Waals surface area contributed by atoms with Crippen molar-refractivity contribution in [2.75, 3.05) is 6.61 Å². The van der Waals surface area contributed by atoms with Gasteiger partial charge in [0.2, 0.25) is 0 Å². The quantitative estimate of drug-likeness (QED) is 0.516. The molecule has 0 aliphatic carbocycles. The van der Waals surface area contributed by atoms with E-state index in [0.29, 0.717) is 6.73 Å². The number of fused-ring (bicyclic) bond motifs is 1. The van der Waals surface area contributed by atoms with Gasteiger partial charge < -0.3 is 9.30 Å². The monoisotopic (exact) mass is 359 g/mol. The maximum Gasteiger partial charge on any atom is 0.122 e. The molecular formula is C14H19BrClNOSi. The summed E-state index contributed by atoms with van der Waals surface area (Å²) in [4.78, 5) is 0. The van der Waals surface area contributed by atoms with Gasteiger partial charge in [-0.2, -0.15) is 0 Å². The Morgan fingerprint density at radius 3 is 2.74 bits per heavy atom. The smallest absolute Gasteiger partial charge is 0.122 e. The van der Waals surface area contributed by atoms with Gasteiger partial charge in [0.05, 0.1) is 10.5 Å². The van der Waals surface area contributed by atoms with Crippen molar-refractivity contribution in [1.82, 2.24) is 4.57 Å². The van der Waals surface area contributed by atoms with Crippen molar-refractivity contribution < 1.29 is 4.74 Å². The van der Waals surface area contributed by atoms with Crippen LogP contribution in [-0.4, -0.2) is 19.2 Å². The van der Waals surface area contributed by atoms with Gasteiger partial charge in [0.1, 0.15) is 6.73 Å². The fourth-order valence-electron chi connectivity index (χ4n) is 1.87. The molecule has 0 atom stereocenters. The number of benzene rings is 1. The second kappa shape index (κ2) is 6.00. The highest BCUT2D eigenvalue weighted by atomic mass is 79.9. The molecule has 0 bridgehead atoms. The SMILES string of the molecule is C[Si](C)(C)CCOCn1cc(Cl)c2cc(Br)ccc21. The first kappa shape index (κ1) is 15.1. The minimum atomic E-state index is -1.02. The molecule has 19 heavy (non-hydrogen) atoms. The highest BCUT2D eigenvalue weighted by Crippen LogP contribution is 2.28. The van der Waals surface area contributed by atoms with E-state index in [2.05, 4.69) is 46.2 Å². The lowest BCUT2D eigenvalue weighted by molar-refractivity contribution is 0.0902. The summed E-state index contributed by atoms with van der Waals surface area (Å²) in [6.07, 6.45) is 1.94. The molecule has 0 saturated carbocycles. The second-order valence-electron chi connectivity index (χ2n) is 5.96. The van der Waals surface area contributed by atoms with Crippen LogP contribution in [0.3, 0.4) is 0 Å². The Labute approximate surface area is 128 Å². The minimum Gasteiger partial charge on any atom is -0.361 e. The van der Waals surface area contributed by atoms with Crippen LogP contribution < -0.4 is 0 Å². The number of nitrogens with zero attached hydrogens (tertiary/aromatic N) is 1. The molecule has 5 heteroatoms. The highest BCUT2D eigenvalue weighted by Gasteiger charge is 2.12. The zero-order valence-corrected chi connectivity index (χ0v) is 14.9. The summed E-state index contributed by atoms with van der Waals surface area (Å²) >= 11 is 9.71. The maximum absolute atomic E-state index is 6.24. The molecular weight excluding hydrogens is 342 g/mol. The lowest BCUT2D eigenvalue weighted by Gasteiger charge is -2.15. The normalized spacial score (nSPS) is 12.3. The molecule has 1 heterocycles. The molecule has 104 valence electrons. The molecule has 2 aromatic rings. The van der Waals surface area contributed by atoms with Gasteiger partial charge >= 0.3 is 0 Å². The Morgan fingerprint density at radius 2 is 2.05 bits per heavy atom. The average molecular weight is 361 g/mol. The van der Waals surface area contributed by atoms with E-state index in [9.17, 15) is 0 Å². The molecule has 0 fully saturated rings. The molecule has 0 spiro atoms. The van der Waals surface area contributed by atoms with Gasteiger partial charge in [-0.1, -0.05) is 47.2 Å². The molecule has 1 aromatic heterocycles. The number of ether oxygens (including phenoxy) is 1. The molecule has 0 aliphatic rings. The predicted octanol–water partition coefficient (Wildman–Crippen LogP) is 5.37. The number of aromatic nitrogens is 1. The fourth-order valence-corrected chi connectivity index (χ4v) is 3.26. The summed E-state index contributed by atoms with van der Waals surface area (Å²) in [6.45, 7) is 8.46. The first-order chi connectivity index (χ1) is 8.87. The summed E-state index contributed by atoms with van der Waals surface area (Å²) in [6, 6.07) is 7.31. The van der Waals surface area contributed by atoms with Crippen LogP contribution in [0.1, 0.15) is 0 Å². The standard InChI is InChI=1S/C14H19BrClNOSi/c1-19(2,3)7-6-18-10-17-9-13(16)12-8-11(15)4-5-14(12)17/h4-5,8-9H,6-7,10H2,1-3H3. The maximum atomic E-state index is 6.24. The van der Waals surface area contributed by atoms with E-state index < -0.39 is 8.07 Å². The lowest BCUT2D eigenvalue weighted by atomic mass is 10.2. The third kappa shape index (κ3) is 4.08. The first-order valence-corrected chi connectivity index (χ1v) is 11.3. The van der Waals surface area contributed by atoms with Crippen molar-refractivity contribution in [3.8, 4) is 0 Å². The van der Waals surface area contributed by atoms with E-state index in [1.807, 2.05) is 18.3 Å². The van der Waals surface area contributed by atoms with Gasteiger partial charge in [0.15, 0.2) is 0 Å². The summed E-state index contributed by atoms with van der Waals surface area (Å²) in [5.74, 6) is 0. The van der Waals surface area contributed by atoms with Crippen LogP contribution in [0.25, 0.3) is 10.9 Å².